The SMILES string of the molecule is C=CCn1c(-c2cccs2)csc1=Nc1cccc(C)c1C. The summed E-state index contributed by atoms with van der Waals surface area (Å²) in [4.78, 5) is 7.16. The summed E-state index contributed by atoms with van der Waals surface area (Å²) >= 11 is 3.43. The molecule has 0 saturated carbocycles. The first-order valence-electron chi connectivity index (χ1n) is 7.14. The van der Waals surface area contributed by atoms with E-state index in [2.05, 4.69) is 66.1 Å². The second kappa shape index (κ2) is 6.46. The highest BCUT2D eigenvalue weighted by molar-refractivity contribution is 7.14. The van der Waals surface area contributed by atoms with E-state index < -0.39 is 0 Å². The molecule has 4 heteroatoms. The maximum absolute atomic E-state index is 4.89. The van der Waals surface area contributed by atoms with Gasteiger partial charge in [0, 0.05) is 11.9 Å². The Hall–Kier alpha value is -1.91. The highest BCUT2D eigenvalue weighted by Gasteiger charge is 2.08. The smallest absolute Gasteiger partial charge is 0.190 e. The molecule has 0 saturated heterocycles. The normalized spacial score (nSPS) is 11.8. The van der Waals surface area contributed by atoms with E-state index in [4.69, 9.17) is 4.99 Å². The summed E-state index contributed by atoms with van der Waals surface area (Å²) in [6.45, 7) is 8.90. The Kier molecular flexibility index (Phi) is 4.41. The molecule has 0 aliphatic heterocycles. The third kappa shape index (κ3) is 2.85. The summed E-state index contributed by atoms with van der Waals surface area (Å²) in [6, 6.07) is 10.5. The summed E-state index contributed by atoms with van der Waals surface area (Å²) in [5.74, 6) is 0. The van der Waals surface area contributed by atoms with Crippen LogP contribution in [0.5, 0.6) is 0 Å². The Morgan fingerprint density at radius 2 is 2.05 bits per heavy atom. The zero-order chi connectivity index (χ0) is 15.5. The van der Waals surface area contributed by atoms with Gasteiger partial charge in [-0.2, -0.15) is 0 Å². The van der Waals surface area contributed by atoms with Crippen molar-refractivity contribution in [2.24, 2.45) is 4.99 Å². The van der Waals surface area contributed by atoms with Gasteiger partial charge in [0.25, 0.3) is 0 Å². The van der Waals surface area contributed by atoms with Gasteiger partial charge < -0.3 is 4.57 Å². The number of nitrogens with zero attached hydrogens (tertiary/aromatic N) is 2. The Morgan fingerprint density at radius 1 is 1.18 bits per heavy atom. The van der Waals surface area contributed by atoms with E-state index >= 15 is 0 Å². The molecule has 3 aromatic rings. The van der Waals surface area contributed by atoms with Gasteiger partial charge in [-0.25, -0.2) is 4.99 Å². The van der Waals surface area contributed by atoms with Gasteiger partial charge in [0.1, 0.15) is 0 Å². The predicted octanol–water partition coefficient (Wildman–Crippen LogP) is 5.31. The van der Waals surface area contributed by atoms with Crippen LogP contribution in [0, 0.1) is 13.8 Å². The Bertz CT molecular complexity index is 852. The third-order valence-electron chi connectivity index (χ3n) is 3.68. The summed E-state index contributed by atoms with van der Waals surface area (Å²) in [7, 11) is 0. The van der Waals surface area contributed by atoms with Crippen molar-refractivity contribution in [2.45, 2.75) is 20.4 Å². The molecule has 22 heavy (non-hydrogen) atoms. The van der Waals surface area contributed by atoms with Crippen LogP contribution in [0.25, 0.3) is 10.6 Å². The van der Waals surface area contributed by atoms with Crippen molar-refractivity contribution >= 4 is 28.4 Å². The molecule has 0 amide bonds. The lowest BCUT2D eigenvalue weighted by Crippen LogP contribution is -2.14. The monoisotopic (exact) mass is 326 g/mol. The summed E-state index contributed by atoms with van der Waals surface area (Å²) in [6.07, 6.45) is 1.92. The molecule has 2 nitrogen and oxygen atoms in total. The van der Waals surface area contributed by atoms with Crippen molar-refractivity contribution in [1.29, 1.82) is 0 Å². The van der Waals surface area contributed by atoms with Gasteiger partial charge in [0.05, 0.1) is 16.3 Å². The first-order chi connectivity index (χ1) is 10.7. The lowest BCUT2D eigenvalue weighted by molar-refractivity contribution is 0.801. The number of thiazole rings is 1. The number of benzene rings is 1. The molecule has 0 spiro atoms. The molecule has 0 radical (unpaired) electrons. The first kappa shape index (κ1) is 15.0. The summed E-state index contributed by atoms with van der Waals surface area (Å²) in [5, 5.41) is 4.28. The van der Waals surface area contributed by atoms with Crippen LogP contribution in [0.4, 0.5) is 5.69 Å². The van der Waals surface area contributed by atoms with Crippen LogP contribution in [0.15, 0.2) is 58.7 Å². The molecule has 0 aliphatic rings. The van der Waals surface area contributed by atoms with Crippen molar-refractivity contribution in [3.05, 3.63) is 69.7 Å². The van der Waals surface area contributed by atoms with Gasteiger partial charge in [-0.15, -0.1) is 29.3 Å². The number of aryl methyl sites for hydroxylation is 1. The molecule has 2 aromatic heterocycles. The maximum atomic E-state index is 4.89. The number of rotatable bonds is 4. The average Bonchev–Trinajstić information content (AvgIpc) is 3.15. The van der Waals surface area contributed by atoms with Crippen molar-refractivity contribution in [1.82, 2.24) is 4.57 Å². The van der Waals surface area contributed by atoms with E-state index in [0.29, 0.717) is 0 Å². The molecule has 0 aliphatic carbocycles. The van der Waals surface area contributed by atoms with Gasteiger partial charge in [0.2, 0.25) is 0 Å². The minimum Gasteiger partial charge on any atom is -0.312 e. The van der Waals surface area contributed by atoms with E-state index in [-0.39, 0.29) is 0 Å². The number of hydrogen-bond acceptors (Lipinski definition) is 3. The second-order valence-corrected chi connectivity index (χ2v) is 6.90. The fourth-order valence-corrected chi connectivity index (χ4v) is 4.05. The topological polar surface area (TPSA) is 17.3 Å². The van der Waals surface area contributed by atoms with Gasteiger partial charge in [-0.3, -0.25) is 0 Å². The molecule has 0 bridgehead atoms. The highest BCUT2D eigenvalue weighted by Crippen LogP contribution is 2.26. The van der Waals surface area contributed by atoms with Gasteiger partial charge in [0.15, 0.2) is 4.80 Å². The highest BCUT2D eigenvalue weighted by atomic mass is 32.1. The number of hydrogen-bond donors (Lipinski definition) is 0. The molecular formula is C18H18N2S2. The molecular weight excluding hydrogens is 308 g/mol. The molecule has 0 fully saturated rings. The molecule has 0 N–H and O–H groups in total. The van der Waals surface area contributed by atoms with Crippen molar-refractivity contribution < 1.29 is 0 Å². The molecule has 3 rings (SSSR count). The minimum atomic E-state index is 0.764. The van der Waals surface area contributed by atoms with Gasteiger partial charge in [-0.1, -0.05) is 24.3 Å². The third-order valence-corrected chi connectivity index (χ3v) is 5.43. The van der Waals surface area contributed by atoms with E-state index in [1.54, 1.807) is 22.7 Å². The van der Waals surface area contributed by atoms with Gasteiger partial charge in [-0.05, 0) is 42.5 Å². The largest absolute Gasteiger partial charge is 0.312 e. The number of thiophene rings is 1. The maximum Gasteiger partial charge on any atom is 0.190 e. The number of allylic oxidation sites excluding steroid dienone is 1. The van der Waals surface area contributed by atoms with Crippen LogP contribution in [0.1, 0.15) is 11.1 Å². The summed E-state index contributed by atoms with van der Waals surface area (Å²) in [5.41, 5.74) is 4.76. The molecule has 2 heterocycles. The molecule has 1 aromatic carbocycles. The molecule has 0 atom stereocenters. The van der Waals surface area contributed by atoms with Gasteiger partial charge >= 0.3 is 0 Å². The lowest BCUT2D eigenvalue weighted by atomic mass is 10.1. The van der Waals surface area contributed by atoms with Crippen molar-refractivity contribution in [2.75, 3.05) is 0 Å². The zero-order valence-corrected chi connectivity index (χ0v) is 14.4. The van der Waals surface area contributed by atoms with Crippen LogP contribution in [0.3, 0.4) is 0 Å². The fourth-order valence-electron chi connectivity index (χ4n) is 2.31. The zero-order valence-electron chi connectivity index (χ0n) is 12.7. The van der Waals surface area contributed by atoms with Crippen LogP contribution in [-0.4, -0.2) is 4.57 Å². The Balaban J connectivity index is 2.17. The predicted molar refractivity (Wildman–Crippen MR) is 97.0 cm³/mol. The minimum absolute atomic E-state index is 0.764. The van der Waals surface area contributed by atoms with E-state index in [9.17, 15) is 0 Å². The van der Waals surface area contributed by atoms with Crippen molar-refractivity contribution in [3.63, 3.8) is 0 Å². The fraction of sp³-hybridized carbons (Fsp3) is 0.167. The van der Waals surface area contributed by atoms with E-state index in [1.165, 1.54) is 21.7 Å². The second-order valence-electron chi connectivity index (χ2n) is 5.11. The molecule has 0 unspecified atom stereocenters. The average molecular weight is 326 g/mol. The van der Waals surface area contributed by atoms with Crippen LogP contribution in [-0.2, 0) is 6.54 Å². The van der Waals surface area contributed by atoms with Crippen LogP contribution in [0.2, 0.25) is 0 Å². The van der Waals surface area contributed by atoms with E-state index in [1.807, 2.05) is 6.08 Å². The quantitative estimate of drug-likeness (QED) is 0.578. The van der Waals surface area contributed by atoms with Crippen molar-refractivity contribution in [3.8, 4) is 10.6 Å². The standard InChI is InChI=1S/C18H18N2S2/c1-4-10-20-16(17-9-6-11-21-17)12-22-18(20)19-15-8-5-7-13(2)14(15)3/h4-9,11-12H,1,10H2,2-3H3. The molecule has 112 valence electrons. The summed E-state index contributed by atoms with van der Waals surface area (Å²) < 4.78 is 2.23. The Morgan fingerprint density at radius 3 is 2.77 bits per heavy atom. The first-order valence-corrected chi connectivity index (χ1v) is 8.90. The van der Waals surface area contributed by atoms with Crippen LogP contribution < -0.4 is 4.80 Å². The van der Waals surface area contributed by atoms with Crippen LogP contribution >= 0.6 is 22.7 Å². The number of aromatic nitrogens is 1. The lowest BCUT2D eigenvalue weighted by Gasteiger charge is -2.06. The Labute approximate surface area is 138 Å². The van der Waals surface area contributed by atoms with E-state index in [0.717, 1.165) is 17.0 Å².